The van der Waals surface area contributed by atoms with Crippen LogP contribution in [-0.2, 0) is 16.0 Å². The molecule has 190 valence electrons. The van der Waals surface area contributed by atoms with Crippen molar-refractivity contribution >= 4 is 23.6 Å². The highest BCUT2D eigenvalue weighted by atomic mass is 19.3. The Labute approximate surface area is 203 Å². The van der Waals surface area contributed by atoms with E-state index in [1.807, 2.05) is 5.32 Å². The van der Waals surface area contributed by atoms with Gasteiger partial charge < -0.3 is 20.5 Å². The Hall–Kier alpha value is -3.53. The first kappa shape index (κ1) is 27.7. The molecular weight excluding hydrogens is 460 g/mol. The Morgan fingerprint density at radius 2 is 1.60 bits per heavy atom. The molecular formula is C25H31F2N3O5. The Morgan fingerprint density at radius 1 is 1.00 bits per heavy atom. The fourth-order valence-corrected chi connectivity index (χ4v) is 3.12. The van der Waals surface area contributed by atoms with Gasteiger partial charge in [0.1, 0.15) is 11.7 Å². The molecule has 0 aliphatic heterocycles. The highest BCUT2D eigenvalue weighted by Crippen LogP contribution is 2.23. The van der Waals surface area contributed by atoms with Gasteiger partial charge in [-0.05, 0) is 57.0 Å². The molecule has 2 aromatic carbocycles. The van der Waals surface area contributed by atoms with Gasteiger partial charge in [-0.25, -0.2) is 13.6 Å². The van der Waals surface area contributed by atoms with Crippen molar-refractivity contribution in [3.8, 4) is 0 Å². The lowest BCUT2D eigenvalue weighted by Gasteiger charge is -2.30. The van der Waals surface area contributed by atoms with Crippen LogP contribution in [0.4, 0.5) is 19.3 Å². The topological polar surface area (TPSA) is 117 Å². The molecule has 0 saturated heterocycles. The standard InChI is InChI=1S/C25H31F2N3O5/c1-16(31)28-15-25(26,27)21(32)20(30-22(33)18-8-6-5-7-9-18)14-17-10-12-19(13-11-17)29-23(34)35-24(2,3)4/h5-13,20-21,32H,14-15H2,1-4H3,(H,28,31)(H,29,34)(H,30,33). The quantitative estimate of drug-likeness (QED) is 0.428. The minimum absolute atomic E-state index is 0.137. The van der Waals surface area contributed by atoms with E-state index in [0.29, 0.717) is 11.3 Å². The van der Waals surface area contributed by atoms with Gasteiger partial charge in [-0.2, -0.15) is 0 Å². The molecule has 2 unspecified atom stereocenters. The van der Waals surface area contributed by atoms with E-state index in [4.69, 9.17) is 4.74 Å². The molecule has 0 bridgehead atoms. The molecule has 35 heavy (non-hydrogen) atoms. The lowest BCUT2D eigenvalue weighted by atomic mass is 9.96. The van der Waals surface area contributed by atoms with Crippen LogP contribution in [0.25, 0.3) is 0 Å². The maximum absolute atomic E-state index is 14.6. The van der Waals surface area contributed by atoms with Crippen LogP contribution >= 0.6 is 0 Å². The number of carbonyl (C=O) groups excluding carboxylic acids is 3. The molecule has 0 spiro atoms. The molecule has 0 fully saturated rings. The number of hydrogen-bond donors (Lipinski definition) is 4. The predicted octanol–water partition coefficient (Wildman–Crippen LogP) is 3.51. The lowest BCUT2D eigenvalue weighted by Crippen LogP contribution is -2.56. The van der Waals surface area contributed by atoms with Gasteiger partial charge in [0.2, 0.25) is 5.91 Å². The number of nitrogens with one attached hydrogen (secondary N) is 3. The molecule has 0 aromatic heterocycles. The Bertz CT molecular complexity index is 1010. The Kier molecular flexibility index (Phi) is 9.30. The molecule has 0 aliphatic carbocycles. The number of halogens is 2. The van der Waals surface area contributed by atoms with E-state index in [1.165, 1.54) is 12.1 Å². The zero-order valence-electron chi connectivity index (χ0n) is 20.1. The summed E-state index contributed by atoms with van der Waals surface area (Å²) in [5.74, 6) is -5.01. The van der Waals surface area contributed by atoms with E-state index in [9.17, 15) is 28.3 Å². The monoisotopic (exact) mass is 491 g/mol. The third kappa shape index (κ3) is 9.32. The van der Waals surface area contributed by atoms with E-state index < -0.39 is 48.1 Å². The molecule has 3 amide bonds. The second kappa shape index (κ2) is 11.7. The van der Waals surface area contributed by atoms with Crippen molar-refractivity contribution in [2.45, 2.75) is 57.8 Å². The van der Waals surface area contributed by atoms with Crippen molar-refractivity contribution in [2.75, 3.05) is 11.9 Å². The number of carbonyl (C=O) groups is 3. The fourth-order valence-electron chi connectivity index (χ4n) is 3.12. The Morgan fingerprint density at radius 3 is 2.14 bits per heavy atom. The summed E-state index contributed by atoms with van der Waals surface area (Å²) in [5, 5.41) is 17.5. The van der Waals surface area contributed by atoms with Gasteiger partial charge in [-0.3, -0.25) is 14.9 Å². The number of aliphatic hydroxyl groups is 1. The van der Waals surface area contributed by atoms with Gasteiger partial charge in [-0.1, -0.05) is 30.3 Å². The first-order chi connectivity index (χ1) is 16.3. The second-order valence-electron chi connectivity index (χ2n) is 9.09. The van der Waals surface area contributed by atoms with Crippen LogP contribution in [0.5, 0.6) is 0 Å². The number of rotatable bonds is 9. The molecule has 10 heteroatoms. The lowest BCUT2D eigenvalue weighted by molar-refractivity contribution is -0.131. The van der Waals surface area contributed by atoms with E-state index in [0.717, 1.165) is 6.92 Å². The van der Waals surface area contributed by atoms with E-state index in [1.54, 1.807) is 63.2 Å². The van der Waals surface area contributed by atoms with Crippen molar-refractivity contribution < 1.29 is 33.0 Å². The molecule has 2 rings (SSSR count). The van der Waals surface area contributed by atoms with Gasteiger partial charge in [-0.15, -0.1) is 0 Å². The summed E-state index contributed by atoms with van der Waals surface area (Å²) >= 11 is 0. The summed E-state index contributed by atoms with van der Waals surface area (Å²) < 4.78 is 34.5. The maximum atomic E-state index is 14.6. The summed E-state index contributed by atoms with van der Waals surface area (Å²) in [6, 6.07) is 12.9. The van der Waals surface area contributed by atoms with Gasteiger partial charge in [0.15, 0.2) is 0 Å². The summed E-state index contributed by atoms with van der Waals surface area (Å²) in [6.45, 7) is 5.19. The first-order valence-electron chi connectivity index (χ1n) is 11.0. The van der Waals surface area contributed by atoms with Crippen molar-refractivity contribution in [2.24, 2.45) is 0 Å². The molecule has 0 heterocycles. The Balaban J connectivity index is 2.19. The smallest absolute Gasteiger partial charge is 0.412 e. The number of amides is 3. The van der Waals surface area contributed by atoms with Gasteiger partial charge in [0.05, 0.1) is 12.6 Å². The van der Waals surface area contributed by atoms with Gasteiger partial charge in [0, 0.05) is 18.2 Å². The third-order valence-corrected chi connectivity index (χ3v) is 4.79. The summed E-state index contributed by atoms with van der Waals surface area (Å²) in [7, 11) is 0. The molecule has 0 radical (unpaired) electrons. The van der Waals surface area contributed by atoms with Crippen LogP contribution < -0.4 is 16.0 Å². The predicted molar refractivity (Wildman–Crippen MR) is 127 cm³/mol. The number of hydrogen-bond acceptors (Lipinski definition) is 5. The maximum Gasteiger partial charge on any atom is 0.412 e. The van der Waals surface area contributed by atoms with Crippen molar-refractivity contribution in [1.82, 2.24) is 10.6 Å². The van der Waals surface area contributed by atoms with E-state index in [-0.39, 0.29) is 12.0 Å². The highest BCUT2D eigenvalue weighted by molar-refractivity contribution is 5.94. The first-order valence-corrected chi connectivity index (χ1v) is 11.0. The number of aliphatic hydroxyl groups excluding tert-OH is 1. The molecule has 8 nitrogen and oxygen atoms in total. The molecule has 0 aliphatic rings. The molecule has 2 atom stereocenters. The van der Waals surface area contributed by atoms with Crippen LogP contribution in [0.2, 0.25) is 0 Å². The van der Waals surface area contributed by atoms with Crippen LogP contribution in [0.1, 0.15) is 43.6 Å². The van der Waals surface area contributed by atoms with Crippen LogP contribution in [0.3, 0.4) is 0 Å². The summed E-state index contributed by atoms with van der Waals surface area (Å²) in [5.41, 5.74) is 0.510. The summed E-state index contributed by atoms with van der Waals surface area (Å²) in [4.78, 5) is 35.6. The molecule has 4 N–H and O–H groups in total. The zero-order valence-corrected chi connectivity index (χ0v) is 20.1. The fraction of sp³-hybridized carbons (Fsp3) is 0.400. The van der Waals surface area contributed by atoms with Gasteiger partial charge >= 0.3 is 6.09 Å². The SMILES string of the molecule is CC(=O)NCC(F)(F)C(O)C(Cc1ccc(NC(=O)OC(C)(C)C)cc1)NC(=O)c1ccccc1. The molecule has 2 aromatic rings. The molecule has 0 saturated carbocycles. The third-order valence-electron chi connectivity index (χ3n) is 4.79. The van der Waals surface area contributed by atoms with Crippen molar-refractivity contribution in [3.05, 3.63) is 65.7 Å². The average molecular weight is 492 g/mol. The zero-order chi connectivity index (χ0) is 26.2. The summed E-state index contributed by atoms with van der Waals surface area (Å²) in [6.07, 6.45) is -3.07. The van der Waals surface area contributed by atoms with E-state index in [2.05, 4.69) is 10.6 Å². The minimum Gasteiger partial charge on any atom is -0.444 e. The normalized spacial score (nSPS) is 13.3. The number of ether oxygens (including phenoxy) is 1. The van der Waals surface area contributed by atoms with E-state index >= 15 is 0 Å². The van der Waals surface area contributed by atoms with Gasteiger partial charge in [0.25, 0.3) is 11.8 Å². The number of benzene rings is 2. The van der Waals surface area contributed by atoms with Crippen molar-refractivity contribution in [3.63, 3.8) is 0 Å². The second-order valence-corrected chi connectivity index (χ2v) is 9.09. The number of anilines is 1. The largest absolute Gasteiger partial charge is 0.444 e. The average Bonchev–Trinajstić information content (AvgIpc) is 2.77. The van der Waals surface area contributed by atoms with Crippen LogP contribution in [0.15, 0.2) is 54.6 Å². The number of alkyl halides is 2. The highest BCUT2D eigenvalue weighted by Gasteiger charge is 2.44. The van der Waals surface area contributed by atoms with Crippen LogP contribution in [-0.4, -0.2) is 53.2 Å². The minimum atomic E-state index is -3.71. The van der Waals surface area contributed by atoms with Crippen molar-refractivity contribution in [1.29, 1.82) is 0 Å². The van der Waals surface area contributed by atoms with Crippen LogP contribution in [0, 0.1) is 0 Å².